The van der Waals surface area contributed by atoms with Gasteiger partial charge in [-0.05, 0) is 16.3 Å². The molecule has 1 unspecified atom stereocenters. The lowest BCUT2D eigenvalue weighted by Crippen LogP contribution is -2.37. The van der Waals surface area contributed by atoms with Crippen LogP contribution in [0.15, 0.2) is 42.5 Å². The van der Waals surface area contributed by atoms with Crippen molar-refractivity contribution in [3.63, 3.8) is 0 Å². The van der Waals surface area contributed by atoms with Crippen LogP contribution < -0.4 is 5.32 Å². The molecule has 2 aromatic carbocycles. The van der Waals surface area contributed by atoms with Crippen LogP contribution in [0, 0.1) is 0 Å². The lowest BCUT2D eigenvalue weighted by Gasteiger charge is -2.11. The fourth-order valence-electron chi connectivity index (χ4n) is 1.98. The van der Waals surface area contributed by atoms with Crippen LogP contribution in [0.25, 0.3) is 10.8 Å². The van der Waals surface area contributed by atoms with Gasteiger partial charge in [0.1, 0.15) is 6.04 Å². The number of benzene rings is 2. The van der Waals surface area contributed by atoms with E-state index in [1.165, 1.54) is 28.1 Å². The normalized spacial score (nSPS) is 12.0. The van der Waals surface area contributed by atoms with Gasteiger partial charge in [-0.1, -0.05) is 42.5 Å². The molecule has 0 heterocycles. The highest BCUT2D eigenvalue weighted by Gasteiger charge is 2.15. The first-order valence-corrected chi connectivity index (χ1v) is 7.34. The summed E-state index contributed by atoms with van der Waals surface area (Å²) in [5.74, 6) is 0.0469. The van der Waals surface area contributed by atoms with Crippen molar-refractivity contribution in [2.75, 3.05) is 5.75 Å². The maximum atomic E-state index is 10.9. The lowest BCUT2D eigenvalue weighted by atomic mass is 10.1. The topological polar surface area (TPSA) is 66.4 Å². The Bertz CT molecular complexity index is 610. The van der Waals surface area contributed by atoms with Crippen molar-refractivity contribution < 1.29 is 14.7 Å². The monoisotopic (exact) mass is 289 g/mol. The van der Waals surface area contributed by atoms with Crippen LogP contribution in [-0.2, 0) is 15.3 Å². The van der Waals surface area contributed by atoms with E-state index in [0.29, 0.717) is 17.9 Å². The van der Waals surface area contributed by atoms with Gasteiger partial charge in [0.2, 0.25) is 6.41 Å². The summed E-state index contributed by atoms with van der Waals surface area (Å²) < 4.78 is 0. The van der Waals surface area contributed by atoms with Gasteiger partial charge >= 0.3 is 5.97 Å². The van der Waals surface area contributed by atoms with Crippen LogP contribution in [-0.4, -0.2) is 29.3 Å². The zero-order valence-electron chi connectivity index (χ0n) is 10.8. The van der Waals surface area contributed by atoms with Crippen LogP contribution >= 0.6 is 11.8 Å². The number of thioether (sulfide) groups is 1. The molecule has 4 nitrogen and oxygen atoms in total. The van der Waals surface area contributed by atoms with Crippen molar-refractivity contribution in [1.82, 2.24) is 5.32 Å². The third kappa shape index (κ3) is 3.51. The molecule has 0 saturated carbocycles. The van der Waals surface area contributed by atoms with Gasteiger partial charge in [0.25, 0.3) is 0 Å². The van der Waals surface area contributed by atoms with Crippen molar-refractivity contribution in [3.8, 4) is 0 Å². The molecular formula is C15H15NO3S. The van der Waals surface area contributed by atoms with Gasteiger partial charge in [0.05, 0.1) is 0 Å². The van der Waals surface area contributed by atoms with Crippen molar-refractivity contribution in [2.45, 2.75) is 11.8 Å². The fourth-order valence-corrected chi connectivity index (χ4v) is 3.04. The quantitative estimate of drug-likeness (QED) is 0.767. The number of carbonyl (C=O) groups excluding carboxylic acids is 1. The molecule has 0 fully saturated rings. The number of amides is 1. The smallest absolute Gasteiger partial charge is 0.327 e. The van der Waals surface area contributed by atoms with Gasteiger partial charge < -0.3 is 10.4 Å². The number of nitrogens with one attached hydrogen (secondary N) is 1. The summed E-state index contributed by atoms with van der Waals surface area (Å²) in [6, 6.07) is 13.3. The second-order valence-electron chi connectivity index (χ2n) is 4.33. The number of hydrogen-bond acceptors (Lipinski definition) is 3. The molecule has 0 bridgehead atoms. The summed E-state index contributed by atoms with van der Waals surface area (Å²) in [7, 11) is 0. The molecule has 0 aliphatic carbocycles. The van der Waals surface area contributed by atoms with E-state index in [4.69, 9.17) is 5.11 Å². The Balaban J connectivity index is 2.02. The van der Waals surface area contributed by atoms with Crippen molar-refractivity contribution in [1.29, 1.82) is 0 Å². The average molecular weight is 289 g/mol. The third-order valence-corrected chi connectivity index (χ3v) is 4.07. The van der Waals surface area contributed by atoms with E-state index in [1.54, 1.807) is 0 Å². The number of aliphatic carboxylic acids is 1. The van der Waals surface area contributed by atoms with Gasteiger partial charge in [0, 0.05) is 11.5 Å². The van der Waals surface area contributed by atoms with E-state index in [0.717, 1.165) is 0 Å². The first-order valence-electron chi connectivity index (χ1n) is 6.19. The molecule has 1 atom stereocenters. The standard InChI is InChI=1S/C15H15NO3S/c17-10-16-14(15(18)19)9-20-8-12-6-3-5-11-4-1-2-7-13(11)12/h1-7,10,14H,8-9H2,(H,16,17)(H,18,19). The predicted molar refractivity (Wildman–Crippen MR) is 80.7 cm³/mol. The molecule has 0 aliphatic heterocycles. The zero-order chi connectivity index (χ0) is 14.4. The molecule has 2 N–H and O–H groups in total. The Labute approximate surface area is 121 Å². The summed E-state index contributed by atoms with van der Waals surface area (Å²) in [4.78, 5) is 21.3. The Morgan fingerprint density at radius 2 is 2.00 bits per heavy atom. The van der Waals surface area contributed by atoms with E-state index in [2.05, 4.69) is 23.5 Å². The van der Waals surface area contributed by atoms with E-state index in [9.17, 15) is 9.59 Å². The maximum absolute atomic E-state index is 10.9. The molecule has 0 aromatic heterocycles. The van der Waals surface area contributed by atoms with Crippen LogP contribution in [0.5, 0.6) is 0 Å². The second kappa shape index (κ2) is 6.96. The summed E-state index contributed by atoms with van der Waals surface area (Å²) in [5.41, 5.74) is 1.17. The highest BCUT2D eigenvalue weighted by molar-refractivity contribution is 7.98. The summed E-state index contributed by atoms with van der Waals surface area (Å²) >= 11 is 1.50. The summed E-state index contributed by atoms with van der Waals surface area (Å²) in [6.45, 7) is 0. The lowest BCUT2D eigenvalue weighted by molar-refractivity contribution is -0.139. The van der Waals surface area contributed by atoms with Gasteiger partial charge in [-0.15, -0.1) is 0 Å². The highest BCUT2D eigenvalue weighted by Crippen LogP contribution is 2.22. The Morgan fingerprint density at radius 1 is 1.25 bits per heavy atom. The number of fused-ring (bicyclic) bond motifs is 1. The molecule has 0 aliphatic rings. The molecular weight excluding hydrogens is 274 g/mol. The molecule has 2 rings (SSSR count). The fraction of sp³-hybridized carbons (Fsp3) is 0.200. The number of carboxylic acids is 1. The van der Waals surface area contributed by atoms with E-state index < -0.39 is 12.0 Å². The van der Waals surface area contributed by atoms with Crippen molar-refractivity contribution in [2.24, 2.45) is 0 Å². The van der Waals surface area contributed by atoms with Gasteiger partial charge in [-0.2, -0.15) is 11.8 Å². The molecule has 5 heteroatoms. The van der Waals surface area contributed by atoms with Crippen LogP contribution in [0.3, 0.4) is 0 Å². The summed E-state index contributed by atoms with van der Waals surface area (Å²) in [5, 5.41) is 13.6. The van der Waals surface area contributed by atoms with E-state index in [-0.39, 0.29) is 0 Å². The molecule has 0 spiro atoms. The third-order valence-electron chi connectivity index (χ3n) is 2.99. The number of hydrogen-bond donors (Lipinski definition) is 2. The Morgan fingerprint density at radius 3 is 2.75 bits per heavy atom. The van der Waals surface area contributed by atoms with Crippen LogP contribution in [0.1, 0.15) is 5.56 Å². The molecule has 104 valence electrons. The Kier molecular flexibility index (Phi) is 5.01. The molecule has 2 aromatic rings. The minimum atomic E-state index is -1.01. The number of carboxylic acid groups (broad SMARTS) is 1. The average Bonchev–Trinajstić information content (AvgIpc) is 2.46. The molecule has 1 amide bonds. The second-order valence-corrected chi connectivity index (χ2v) is 5.36. The molecule has 0 radical (unpaired) electrons. The minimum absolute atomic E-state index is 0.345. The number of carbonyl (C=O) groups is 2. The largest absolute Gasteiger partial charge is 0.480 e. The van der Waals surface area contributed by atoms with Crippen LogP contribution in [0.4, 0.5) is 0 Å². The molecule has 20 heavy (non-hydrogen) atoms. The maximum Gasteiger partial charge on any atom is 0.327 e. The van der Waals surface area contributed by atoms with E-state index in [1.807, 2.05) is 24.3 Å². The number of rotatable bonds is 7. The van der Waals surface area contributed by atoms with Crippen molar-refractivity contribution in [3.05, 3.63) is 48.0 Å². The van der Waals surface area contributed by atoms with Crippen LogP contribution in [0.2, 0.25) is 0 Å². The SMILES string of the molecule is O=CNC(CSCc1cccc2ccccc12)C(=O)O. The molecule has 0 saturated heterocycles. The summed E-state index contributed by atoms with van der Waals surface area (Å²) in [6.07, 6.45) is 0.428. The Hall–Kier alpha value is -2.01. The first-order chi connectivity index (χ1) is 9.72. The predicted octanol–water partition coefficient (Wildman–Crippen LogP) is 2.27. The highest BCUT2D eigenvalue weighted by atomic mass is 32.2. The zero-order valence-corrected chi connectivity index (χ0v) is 11.6. The van der Waals surface area contributed by atoms with Gasteiger partial charge in [-0.3, -0.25) is 4.79 Å². The first kappa shape index (κ1) is 14.4. The van der Waals surface area contributed by atoms with E-state index >= 15 is 0 Å². The minimum Gasteiger partial charge on any atom is -0.480 e. The van der Waals surface area contributed by atoms with Crippen molar-refractivity contribution >= 4 is 34.9 Å². The van der Waals surface area contributed by atoms with Gasteiger partial charge in [0.15, 0.2) is 0 Å². The van der Waals surface area contributed by atoms with Gasteiger partial charge in [-0.25, -0.2) is 4.79 Å².